The normalized spacial score (nSPS) is 11.1. The third kappa shape index (κ3) is 7.18. The van der Waals surface area contributed by atoms with Crippen molar-refractivity contribution in [3.8, 4) is 11.5 Å². The Hall–Kier alpha value is -3.17. The summed E-state index contributed by atoms with van der Waals surface area (Å²) in [5.74, 6) is 1.18. The summed E-state index contributed by atoms with van der Waals surface area (Å²) >= 11 is 1.71. The number of aryl methyl sites for hydroxylation is 2. The van der Waals surface area contributed by atoms with Gasteiger partial charge >= 0.3 is 0 Å². The van der Waals surface area contributed by atoms with Gasteiger partial charge in [-0.05, 0) is 73.5 Å². The molecule has 0 heterocycles. The molecule has 1 N–H and O–H groups in total. The van der Waals surface area contributed by atoms with Crippen LogP contribution >= 0.6 is 11.8 Å². The molecule has 0 aromatic heterocycles. The van der Waals surface area contributed by atoms with E-state index < -0.39 is 10.0 Å². The lowest BCUT2D eigenvalue weighted by atomic mass is 10.1. The highest BCUT2D eigenvalue weighted by Gasteiger charge is 2.28. The van der Waals surface area contributed by atoms with Gasteiger partial charge in [0.15, 0.2) is 11.5 Å². The Labute approximate surface area is 217 Å². The van der Waals surface area contributed by atoms with E-state index in [9.17, 15) is 13.2 Å². The van der Waals surface area contributed by atoms with E-state index in [1.54, 1.807) is 23.9 Å². The summed E-state index contributed by atoms with van der Waals surface area (Å²) in [5, 5.41) is 2.86. The first-order valence-corrected chi connectivity index (χ1v) is 13.9. The zero-order chi connectivity index (χ0) is 26.1. The number of nitrogens with zero attached hydrogens (tertiary/aromatic N) is 1. The number of carbonyl (C=O) groups is 1. The van der Waals surface area contributed by atoms with Gasteiger partial charge in [0.25, 0.3) is 10.0 Å². The lowest BCUT2D eigenvalue weighted by Crippen LogP contribution is -2.41. The number of thioether (sulfide) groups is 1. The smallest absolute Gasteiger partial charge is 0.264 e. The van der Waals surface area contributed by atoms with Gasteiger partial charge in [0.2, 0.25) is 5.91 Å². The Morgan fingerprint density at radius 2 is 1.58 bits per heavy atom. The molecule has 1 amide bonds. The molecule has 3 rings (SSSR count). The summed E-state index contributed by atoms with van der Waals surface area (Å²) in [6.07, 6.45) is 0.761. The summed E-state index contributed by atoms with van der Waals surface area (Å²) in [5.41, 5.74) is 2.23. The number of hydrogen-bond donors (Lipinski definition) is 1. The first-order valence-electron chi connectivity index (χ1n) is 11.5. The molecule has 0 aliphatic heterocycles. The van der Waals surface area contributed by atoms with Crippen molar-refractivity contribution < 1.29 is 22.7 Å². The van der Waals surface area contributed by atoms with Gasteiger partial charge in [-0.25, -0.2) is 8.42 Å². The summed E-state index contributed by atoms with van der Waals surface area (Å²) in [6, 6.07) is 19.9. The van der Waals surface area contributed by atoms with Crippen LogP contribution in [0.3, 0.4) is 0 Å². The lowest BCUT2D eigenvalue weighted by molar-refractivity contribution is -0.119. The van der Waals surface area contributed by atoms with Gasteiger partial charge < -0.3 is 14.8 Å². The topological polar surface area (TPSA) is 84.9 Å². The molecular formula is C27H32N2O5S2. The number of nitrogens with one attached hydrogen (secondary N) is 1. The molecule has 0 unspecified atom stereocenters. The predicted molar refractivity (Wildman–Crippen MR) is 145 cm³/mol. The third-order valence-corrected chi connectivity index (χ3v) is 8.25. The van der Waals surface area contributed by atoms with Crippen molar-refractivity contribution in [1.29, 1.82) is 0 Å². The molecule has 0 aliphatic carbocycles. The maximum absolute atomic E-state index is 13.7. The van der Waals surface area contributed by atoms with Crippen LogP contribution < -0.4 is 19.1 Å². The van der Waals surface area contributed by atoms with Crippen molar-refractivity contribution >= 4 is 33.4 Å². The van der Waals surface area contributed by atoms with Crippen molar-refractivity contribution in [1.82, 2.24) is 5.32 Å². The lowest BCUT2D eigenvalue weighted by Gasteiger charge is -2.25. The van der Waals surface area contributed by atoms with E-state index in [-0.39, 0.29) is 17.3 Å². The van der Waals surface area contributed by atoms with E-state index in [4.69, 9.17) is 9.47 Å². The van der Waals surface area contributed by atoms with E-state index in [0.29, 0.717) is 23.7 Å². The number of benzene rings is 3. The van der Waals surface area contributed by atoms with Crippen molar-refractivity contribution in [3.63, 3.8) is 0 Å². The van der Waals surface area contributed by atoms with Gasteiger partial charge in [-0.15, -0.1) is 11.8 Å². The molecule has 9 heteroatoms. The second kappa shape index (κ2) is 12.7. The van der Waals surface area contributed by atoms with Crippen LogP contribution in [0.5, 0.6) is 11.5 Å². The number of methoxy groups -OCH3 is 2. The van der Waals surface area contributed by atoms with Crippen molar-refractivity contribution in [2.45, 2.75) is 30.1 Å². The van der Waals surface area contributed by atoms with Gasteiger partial charge in [0.1, 0.15) is 6.54 Å². The minimum atomic E-state index is -4.08. The van der Waals surface area contributed by atoms with Gasteiger partial charge in [-0.3, -0.25) is 9.10 Å². The van der Waals surface area contributed by atoms with Crippen LogP contribution in [-0.2, 0) is 14.8 Å². The van der Waals surface area contributed by atoms with Crippen LogP contribution in [0, 0.1) is 13.8 Å². The zero-order valence-corrected chi connectivity index (χ0v) is 22.6. The standard InChI is InChI=1S/C27H32N2O5S2/c1-20-15-21(2)17-22(16-20)29(36(31,32)24-11-12-25(33-3)26(18-24)34-4)19-27(30)28-13-8-14-35-23-9-6-5-7-10-23/h5-7,9-12,15-18H,8,13-14,19H2,1-4H3,(H,28,30). The highest BCUT2D eigenvalue weighted by Crippen LogP contribution is 2.32. The quantitative estimate of drug-likeness (QED) is 0.268. The number of anilines is 1. The molecule has 0 spiro atoms. The summed E-state index contributed by atoms with van der Waals surface area (Å²) in [7, 11) is -1.15. The minimum Gasteiger partial charge on any atom is -0.493 e. The molecule has 0 saturated heterocycles. The molecule has 192 valence electrons. The third-order valence-electron chi connectivity index (χ3n) is 5.38. The molecule has 36 heavy (non-hydrogen) atoms. The Morgan fingerprint density at radius 1 is 0.917 bits per heavy atom. The number of carbonyl (C=O) groups excluding carboxylic acids is 1. The Balaban J connectivity index is 1.77. The average molecular weight is 529 g/mol. The number of sulfonamides is 1. The van der Waals surface area contributed by atoms with Crippen LogP contribution in [0.4, 0.5) is 5.69 Å². The molecule has 0 radical (unpaired) electrons. The second-order valence-corrected chi connectivity index (χ2v) is 11.3. The molecule has 0 aliphatic rings. The Kier molecular flexibility index (Phi) is 9.66. The van der Waals surface area contributed by atoms with Crippen LogP contribution in [-0.4, -0.2) is 47.4 Å². The fraction of sp³-hybridized carbons (Fsp3) is 0.296. The monoisotopic (exact) mass is 528 g/mol. The van der Waals surface area contributed by atoms with E-state index in [0.717, 1.165) is 27.6 Å². The molecule has 0 atom stereocenters. The fourth-order valence-electron chi connectivity index (χ4n) is 3.71. The Bertz CT molecular complexity index is 1260. The maximum atomic E-state index is 13.7. The molecular weight excluding hydrogens is 496 g/mol. The van der Waals surface area contributed by atoms with Crippen LogP contribution in [0.15, 0.2) is 76.5 Å². The summed E-state index contributed by atoms with van der Waals surface area (Å²) in [6.45, 7) is 3.89. The first-order chi connectivity index (χ1) is 17.2. The van der Waals surface area contributed by atoms with Crippen molar-refractivity contribution in [2.75, 3.05) is 37.4 Å². The molecule has 0 fully saturated rings. The predicted octanol–water partition coefficient (Wildman–Crippen LogP) is 4.81. The fourth-order valence-corrected chi connectivity index (χ4v) is 6.00. The maximum Gasteiger partial charge on any atom is 0.264 e. The van der Waals surface area contributed by atoms with Crippen molar-refractivity contribution in [3.05, 3.63) is 77.9 Å². The molecule has 7 nitrogen and oxygen atoms in total. The highest BCUT2D eigenvalue weighted by atomic mass is 32.2. The van der Waals surface area contributed by atoms with Gasteiger partial charge in [-0.1, -0.05) is 24.3 Å². The van der Waals surface area contributed by atoms with Crippen LogP contribution in [0.2, 0.25) is 0 Å². The average Bonchev–Trinajstić information content (AvgIpc) is 2.86. The van der Waals surface area contributed by atoms with Gasteiger partial charge in [0.05, 0.1) is 24.8 Å². The molecule has 3 aromatic carbocycles. The SMILES string of the molecule is COc1ccc(S(=O)(=O)N(CC(=O)NCCCSc2ccccc2)c2cc(C)cc(C)c2)cc1OC. The highest BCUT2D eigenvalue weighted by molar-refractivity contribution is 7.99. The van der Waals surface area contributed by atoms with E-state index in [1.165, 1.54) is 37.3 Å². The first kappa shape index (κ1) is 27.4. The van der Waals surface area contributed by atoms with E-state index in [1.807, 2.05) is 50.2 Å². The molecule has 0 bridgehead atoms. The van der Waals surface area contributed by atoms with Gasteiger partial charge in [-0.2, -0.15) is 0 Å². The number of amides is 1. The summed E-state index contributed by atoms with van der Waals surface area (Å²) < 4.78 is 39.2. The second-order valence-electron chi connectivity index (χ2n) is 8.24. The Morgan fingerprint density at radius 3 is 2.22 bits per heavy atom. The molecule has 0 saturated carbocycles. The zero-order valence-electron chi connectivity index (χ0n) is 21.0. The molecule has 3 aromatic rings. The van der Waals surface area contributed by atoms with Crippen LogP contribution in [0.25, 0.3) is 0 Å². The number of ether oxygens (including phenoxy) is 2. The van der Waals surface area contributed by atoms with Gasteiger partial charge in [0, 0.05) is 17.5 Å². The minimum absolute atomic E-state index is 0.00590. The number of hydrogen-bond acceptors (Lipinski definition) is 6. The largest absolute Gasteiger partial charge is 0.493 e. The van der Waals surface area contributed by atoms with E-state index in [2.05, 4.69) is 5.32 Å². The summed E-state index contributed by atoms with van der Waals surface area (Å²) in [4.78, 5) is 14.0. The number of rotatable bonds is 12. The van der Waals surface area contributed by atoms with Crippen LogP contribution in [0.1, 0.15) is 17.5 Å². The van der Waals surface area contributed by atoms with Crippen molar-refractivity contribution in [2.24, 2.45) is 0 Å². The van der Waals surface area contributed by atoms with E-state index >= 15 is 0 Å².